The van der Waals surface area contributed by atoms with Crippen molar-refractivity contribution in [2.45, 2.75) is 6.92 Å². The molecule has 2 N–H and O–H groups in total. The maximum Gasteiger partial charge on any atom is 0.335 e. The average Bonchev–Trinajstić information content (AvgIpc) is 2.38. The van der Waals surface area contributed by atoms with Crippen molar-refractivity contribution in [2.24, 2.45) is 0 Å². The predicted octanol–water partition coefficient (Wildman–Crippen LogP) is 2.45. The van der Waals surface area contributed by atoms with Crippen LogP contribution < -0.4 is 0 Å². The molecule has 5 nitrogen and oxygen atoms in total. The van der Waals surface area contributed by atoms with Gasteiger partial charge < -0.3 is 10.2 Å². The Balaban J connectivity index is 2.67. The normalized spacial score (nSPS) is 10.2. The zero-order chi connectivity index (χ0) is 14.0. The minimum Gasteiger partial charge on any atom is -0.478 e. The molecule has 0 bridgehead atoms. The van der Waals surface area contributed by atoms with Crippen LogP contribution in [-0.2, 0) is 0 Å². The molecule has 2 aromatic rings. The number of hydrogen-bond acceptors (Lipinski definition) is 3. The van der Waals surface area contributed by atoms with Crippen molar-refractivity contribution in [1.29, 1.82) is 0 Å². The molecule has 19 heavy (non-hydrogen) atoms. The summed E-state index contributed by atoms with van der Waals surface area (Å²) in [5.74, 6) is -2.32. The molecule has 0 saturated carbocycles. The minimum absolute atomic E-state index is 0.0573. The summed E-state index contributed by atoms with van der Waals surface area (Å²) in [6.45, 7) is 1.85. The second-order valence-corrected chi connectivity index (χ2v) is 4.10. The second kappa shape index (κ2) is 4.89. The smallest absolute Gasteiger partial charge is 0.335 e. The molecule has 0 aliphatic carbocycles. The van der Waals surface area contributed by atoms with Gasteiger partial charge in [-0.3, -0.25) is 4.98 Å². The summed E-state index contributed by atoms with van der Waals surface area (Å²) in [4.78, 5) is 26.0. The van der Waals surface area contributed by atoms with Gasteiger partial charge in [-0.1, -0.05) is 0 Å². The summed E-state index contributed by atoms with van der Waals surface area (Å²) in [5, 5.41) is 18.0. The summed E-state index contributed by atoms with van der Waals surface area (Å²) in [7, 11) is 0. The Morgan fingerprint density at radius 3 is 2.11 bits per heavy atom. The molecular formula is C14H11NO4. The molecule has 5 heteroatoms. The molecule has 0 aliphatic heterocycles. The Kier molecular flexibility index (Phi) is 3.29. The number of nitrogens with zero attached hydrogens (tertiary/aromatic N) is 1. The van der Waals surface area contributed by atoms with E-state index in [1.807, 2.05) is 6.92 Å². The summed E-state index contributed by atoms with van der Waals surface area (Å²) >= 11 is 0. The molecule has 1 aromatic carbocycles. The van der Waals surface area contributed by atoms with Crippen LogP contribution in [0.1, 0.15) is 26.3 Å². The maximum absolute atomic E-state index is 11.0. The Hall–Kier alpha value is -2.69. The van der Waals surface area contributed by atoms with E-state index in [1.165, 1.54) is 12.1 Å². The SMILES string of the molecule is Cc1ccncc1-c1cc(C(=O)O)cc(C(=O)O)c1. The third kappa shape index (κ3) is 2.60. The lowest BCUT2D eigenvalue weighted by atomic mass is 9.98. The first kappa shape index (κ1) is 12.8. The van der Waals surface area contributed by atoms with Crippen molar-refractivity contribution < 1.29 is 19.8 Å². The molecule has 0 amide bonds. The van der Waals surface area contributed by atoms with E-state index in [0.717, 1.165) is 11.6 Å². The van der Waals surface area contributed by atoms with Crippen molar-refractivity contribution in [2.75, 3.05) is 0 Å². The van der Waals surface area contributed by atoms with Crippen LogP contribution in [0.3, 0.4) is 0 Å². The molecule has 0 spiro atoms. The number of rotatable bonds is 3. The molecule has 96 valence electrons. The first-order valence-electron chi connectivity index (χ1n) is 5.51. The number of aromatic carboxylic acids is 2. The Morgan fingerprint density at radius 2 is 1.63 bits per heavy atom. The predicted molar refractivity (Wildman–Crippen MR) is 68.3 cm³/mol. The van der Waals surface area contributed by atoms with Gasteiger partial charge in [-0.15, -0.1) is 0 Å². The summed E-state index contributed by atoms with van der Waals surface area (Å²) in [6, 6.07) is 5.81. The lowest BCUT2D eigenvalue weighted by Crippen LogP contribution is -2.03. The van der Waals surface area contributed by atoms with Gasteiger partial charge >= 0.3 is 11.9 Å². The zero-order valence-electron chi connectivity index (χ0n) is 10.1. The van der Waals surface area contributed by atoms with E-state index in [1.54, 1.807) is 18.5 Å². The van der Waals surface area contributed by atoms with E-state index in [4.69, 9.17) is 10.2 Å². The number of carboxylic acids is 2. The van der Waals surface area contributed by atoms with Crippen LogP contribution in [0.15, 0.2) is 36.7 Å². The van der Waals surface area contributed by atoms with E-state index in [-0.39, 0.29) is 11.1 Å². The highest BCUT2D eigenvalue weighted by molar-refractivity contribution is 5.96. The molecule has 1 heterocycles. The van der Waals surface area contributed by atoms with Gasteiger partial charge in [0.1, 0.15) is 0 Å². The monoisotopic (exact) mass is 257 g/mol. The molecule has 2 rings (SSSR count). The third-order valence-corrected chi connectivity index (χ3v) is 2.78. The van der Waals surface area contributed by atoms with Gasteiger partial charge in [0.25, 0.3) is 0 Å². The van der Waals surface area contributed by atoms with Gasteiger partial charge in [-0.25, -0.2) is 9.59 Å². The largest absolute Gasteiger partial charge is 0.478 e. The highest BCUT2D eigenvalue weighted by Crippen LogP contribution is 2.25. The van der Waals surface area contributed by atoms with Crippen molar-refractivity contribution in [3.63, 3.8) is 0 Å². The molecule has 0 atom stereocenters. The zero-order valence-corrected chi connectivity index (χ0v) is 10.1. The van der Waals surface area contributed by atoms with Crippen LogP contribution in [0.2, 0.25) is 0 Å². The lowest BCUT2D eigenvalue weighted by molar-refractivity contribution is 0.0696. The van der Waals surface area contributed by atoms with Crippen molar-refractivity contribution in [3.05, 3.63) is 53.3 Å². The van der Waals surface area contributed by atoms with E-state index in [0.29, 0.717) is 11.1 Å². The van der Waals surface area contributed by atoms with Crippen molar-refractivity contribution in [1.82, 2.24) is 4.98 Å². The second-order valence-electron chi connectivity index (χ2n) is 4.10. The fourth-order valence-electron chi connectivity index (χ4n) is 1.80. The van der Waals surface area contributed by atoms with Crippen LogP contribution in [0.5, 0.6) is 0 Å². The fourth-order valence-corrected chi connectivity index (χ4v) is 1.80. The lowest BCUT2D eigenvalue weighted by Gasteiger charge is -2.07. The van der Waals surface area contributed by atoms with Crippen molar-refractivity contribution >= 4 is 11.9 Å². The van der Waals surface area contributed by atoms with Gasteiger partial charge in [0, 0.05) is 18.0 Å². The standard InChI is InChI=1S/C14H11NO4/c1-8-2-3-15-7-12(8)9-4-10(13(16)17)6-11(5-9)14(18)19/h2-7H,1H3,(H,16,17)(H,18,19). The van der Waals surface area contributed by atoms with Gasteiger partial charge in [0.05, 0.1) is 11.1 Å². The molecular weight excluding hydrogens is 246 g/mol. The highest BCUT2D eigenvalue weighted by Gasteiger charge is 2.13. The van der Waals surface area contributed by atoms with E-state index >= 15 is 0 Å². The quantitative estimate of drug-likeness (QED) is 0.881. The Labute approximate surface area is 109 Å². The third-order valence-electron chi connectivity index (χ3n) is 2.78. The van der Waals surface area contributed by atoms with Gasteiger partial charge in [-0.2, -0.15) is 0 Å². The average molecular weight is 257 g/mol. The first-order valence-corrected chi connectivity index (χ1v) is 5.51. The van der Waals surface area contributed by atoms with Gasteiger partial charge in [-0.05, 0) is 42.3 Å². The molecule has 1 aromatic heterocycles. The number of carbonyl (C=O) groups is 2. The number of aromatic nitrogens is 1. The molecule has 0 radical (unpaired) electrons. The summed E-state index contributed by atoms with van der Waals surface area (Å²) in [6.07, 6.45) is 3.21. The van der Waals surface area contributed by atoms with Gasteiger partial charge in [0.15, 0.2) is 0 Å². The highest BCUT2D eigenvalue weighted by atomic mass is 16.4. The number of carboxylic acid groups (broad SMARTS) is 2. The van der Waals surface area contributed by atoms with Crippen LogP contribution in [-0.4, -0.2) is 27.1 Å². The van der Waals surface area contributed by atoms with Crippen molar-refractivity contribution in [3.8, 4) is 11.1 Å². The summed E-state index contributed by atoms with van der Waals surface area (Å²) < 4.78 is 0. The number of aryl methyl sites for hydroxylation is 1. The first-order chi connectivity index (χ1) is 8.99. The van der Waals surface area contributed by atoms with Crippen LogP contribution in [0, 0.1) is 6.92 Å². The Bertz CT molecular complexity index is 632. The Morgan fingerprint density at radius 1 is 1.05 bits per heavy atom. The van der Waals surface area contributed by atoms with Crippen LogP contribution >= 0.6 is 0 Å². The molecule has 0 unspecified atom stereocenters. The van der Waals surface area contributed by atoms with E-state index in [9.17, 15) is 9.59 Å². The summed E-state index contributed by atoms with van der Waals surface area (Å²) in [5.41, 5.74) is 2.03. The molecule has 0 aliphatic rings. The number of pyridine rings is 1. The fraction of sp³-hybridized carbons (Fsp3) is 0.0714. The minimum atomic E-state index is -1.16. The topological polar surface area (TPSA) is 87.5 Å². The van der Waals surface area contributed by atoms with Gasteiger partial charge in [0.2, 0.25) is 0 Å². The molecule has 0 fully saturated rings. The van der Waals surface area contributed by atoms with Crippen LogP contribution in [0.4, 0.5) is 0 Å². The van der Waals surface area contributed by atoms with Crippen LogP contribution in [0.25, 0.3) is 11.1 Å². The number of hydrogen-bond donors (Lipinski definition) is 2. The molecule has 0 saturated heterocycles. The number of benzene rings is 1. The van der Waals surface area contributed by atoms with E-state index < -0.39 is 11.9 Å². The maximum atomic E-state index is 11.0. The van der Waals surface area contributed by atoms with E-state index in [2.05, 4.69) is 4.98 Å².